The van der Waals surface area contributed by atoms with Gasteiger partial charge >= 0.3 is 0 Å². The molecule has 0 aliphatic heterocycles. The summed E-state index contributed by atoms with van der Waals surface area (Å²) in [6, 6.07) is 6.99. The fourth-order valence-electron chi connectivity index (χ4n) is 1.02. The van der Waals surface area contributed by atoms with E-state index in [1.807, 2.05) is 0 Å². The van der Waals surface area contributed by atoms with Crippen LogP contribution >= 0.6 is 11.6 Å². The highest BCUT2D eigenvalue weighted by molar-refractivity contribution is 7.92. The van der Waals surface area contributed by atoms with E-state index in [2.05, 4.69) is 4.72 Å². The van der Waals surface area contributed by atoms with Crippen LogP contribution in [0.25, 0.3) is 6.08 Å². The Hall–Kier alpha value is -0.880. The van der Waals surface area contributed by atoms with Crippen LogP contribution in [0.1, 0.15) is 5.56 Å². The molecule has 0 bridgehead atoms. The molecule has 0 unspecified atom stereocenters. The van der Waals surface area contributed by atoms with Crippen molar-refractivity contribution in [2.24, 2.45) is 5.73 Å². The summed E-state index contributed by atoms with van der Waals surface area (Å²) in [4.78, 5) is 0. The van der Waals surface area contributed by atoms with Crippen LogP contribution in [0.4, 0.5) is 0 Å². The summed E-state index contributed by atoms with van der Waals surface area (Å²) < 4.78 is 25.1. The molecule has 88 valence electrons. The Labute approximate surface area is 100 Å². The van der Waals surface area contributed by atoms with Gasteiger partial charge in [-0.15, -0.1) is 0 Å². The normalized spacial score (nSPS) is 12.1. The highest BCUT2D eigenvalue weighted by Crippen LogP contribution is 2.16. The third-order valence-corrected chi connectivity index (χ3v) is 3.22. The van der Waals surface area contributed by atoms with Crippen molar-refractivity contribution < 1.29 is 8.42 Å². The standard InChI is InChI=1S/C10H13ClN2O2S/c11-10-4-2-1-3-9(10)5-8-16(14,15)13-7-6-12/h1-5,8,13H,6-7,12H2. The van der Waals surface area contributed by atoms with Gasteiger partial charge in [0.15, 0.2) is 0 Å². The summed E-state index contributed by atoms with van der Waals surface area (Å²) in [5.74, 6) is 0. The summed E-state index contributed by atoms with van der Waals surface area (Å²) in [6.07, 6.45) is 1.45. The first-order chi connectivity index (χ1) is 7.55. The summed E-state index contributed by atoms with van der Waals surface area (Å²) in [5.41, 5.74) is 5.85. The fourth-order valence-corrected chi connectivity index (χ4v) is 2.05. The minimum Gasteiger partial charge on any atom is -0.329 e. The largest absolute Gasteiger partial charge is 0.329 e. The molecule has 0 spiro atoms. The van der Waals surface area contributed by atoms with E-state index >= 15 is 0 Å². The van der Waals surface area contributed by atoms with Gasteiger partial charge in [-0.25, -0.2) is 13.1 Å². The molecule has 0 radical (unpaired) electrons. The predicted octanol–water partition coefficient (Wildman–Crippen LogP) is 1.19. The maximum atomic E-state index is 11.4. The van der Waals surface area contributed by atoms with Crippen LogP contribution in [0.3, 0.4) is 0 Å². The van der Waals surface area contributed by atoms with Crippen LogP contribution in [0.15, 0.2) is 29.7 Å². The van der Waals surface area contributed by atoms with E-state index in [-0.39, 0.29) is 13.1 Å². The van der Waals surface area contributed by atoms with Crippen LogP contribution in [0.5, 0.6) is 0 Å². The van der Waals surface area contributed by atoms with Crippen molar-refractivity contribution in [2.45, 2.75) is 0 Å². The number of nitrogens with one attached hydrogen (secondary N) is 1. The SMILES string of the molecule is NCCNS(=O)(=O)C=Cc1ccccc1Cl. The van der Waals surface area contributed by atoms with Crippen molar-refractivity contribution in [1.82, 2.24) is 4.72 Å². The smallest absolute Gasteiger partial charge is 0.233 e. The Morgan fingerprint density at radius 2 is 2.06 bits per heavy atom. The predicted molar refractivity (Wildman–Crippen MR) is 66.5 cm³/mol. The molecule has 0 heterocycles. The Kier molecular flexibility index (Phi) is 4.95. The van der Waals surface area contributed by atoms with Gasteiger partial charge in [0, 0.05) is 23.5 Å². The second-order valence-corrected chi connectivity index (χ2v) is 5.11. The molecule has 16 heavy (non-hydrogen) atoms. The summed E-state index contributed by atoms with van der Waals surface area (Å²) in [7, 11) is -3.43. The number of sulfonamides is 1. The quantitative estimate of drug-likeness (QED) is 0.835. The minimum atomic E-state index is -3.43. The van der Waals surface area contributed by atoms with Gasteiger partial charge in [-0.3, -0.25) is 0 Å². The zero-order valence-electron chi connectivity index (χ0n) is 8.56. The molecule has 0 saturated heterocycles. The molecule has 0 saturated carbocycles. The first-order valence-electron chi connectivity index (χ1n) is 4.67. The average Bonchev–Trinajstić information content (AvgIpc) is 2.26. The maximum Gasteiger partial charge on any atom is 0.233 e. The third kappa shape index (κ3) is 4.32. The maximum absolute atomic E-state index is 11.4. The van der Waals surface area contributed by atoms with Crippen LogP contribution in [-0.4, -0.2) is 21.5 Å². The molecule has 1 aromatic rings. The number of hydrogen-bond acceptors (Lipinski definition) is 3. The average molecular weight is 261 g/mol. The second kappa shape index (κ2) is 6.00. The van der Waals surface area contributed by atoms with Crippen molar-refractivity contribution in [3.8, 4) is 0 Å². The lowest BCUT2D eigenvalue weighted by atomic mass is 10.2. The van der Waals surface area contributed by atoms with Gasteiger partial charge < -0.3 is 5.73 Å². The van der Waals surface area contributed by atoms with Crippen LogP contribution in [0, 0.1) is 0 Å². The van der Waals surface area contributed by atoms with Gasteiger partial charge in [0.2, 0.25) is 10.0 Å². The minimum absolute atomic E-state index is 0.217. The van der Waals surface area contributed by atoms with E-state index in [9.17, 15) is 8.42 Å². The molecule has 1 rings (SSSR count). The molecular weight excluding hydrogens is 248 g/mol. The second-order valence-electron chi connectivity index (χ2n) is 3.05. The van der Waals surface area contributed by atoms with Crippen molar-refractivity contribution in [1.29, 1.82) is 0 Å². The first-order valence-corrected chi connectivity index (χ1v) is 6.60. The molecule has 0 aliphatic carbocycles. The van der Waals surface area contributed by atoms with E-state index in [1.54, 1.807) is 24.3 Å². The lowest BCUT2D eigenvalue weighted by Gasteiger charge is -2.00. The van der Waals surface area contributed by atoms with Crippen LogP contribution < -0.4 is 10.5 Å². The summed E-state index contributed by atoms with van der Waals surface area (Å²) in [6.45, 7) is 0.481. The zero-order valence-corrected chi connectivity index (χ0v) is 10.1. The van der Waals surface area contributed by atoms with E-state index < -0.39 is 10.0 Å². The molecular formula is C10H13ClN2O2S. The lowest BCUT2D eigenvalue weighted by Crippen LogP contribution is -2.27. The molecule has 1 aromatic carbocycles. The van der Waals surface area contributed by atoms with Crippen LogP contribution in [-0.2, 0) is 10.0 Å². The van der Waals surface area contributed by atoms with E-state index in [1.165, 1.54) is 6.08 Å². The molecule has 0 aliphatic rings. The van der Waals surface area contributed by atoms with Gasteiger partial charge in [0.25, 0.3) is 0 Å². The molecule has 0 amide bonds. The Morgan fingerprint density at radius 3 is 2.69 bits per heavy atom. The summed E-state index contributed by atoms with van der Waals surface area (Å²) in [5, 5.41) is 1.58. The number of rotatable bonds is 5. The topological polar surface area (TPSA) is 72.2 Å². The van der Waals surface area contributed by atoms with Gasteiger partial charge in [0.1, 0.15) is 0 Å². The van der Waals surface area contributed by atoms with E-state index in [0.29, 0.717) is 10.6 Å². The third-order valence-electron chi connectivity index (χ3n) is 1.78. The molecule has 0 aromatic heterocycles. The number of halogens is 1. The Balaban J connectivity index is 2.77. The highest BCUT2D eigenvalue weighted by atomic mass is 35.5. The Morgan fingerprint density at radius 1 is 1.38 bits per heavy atom. The van der Waals surface area contributed by atoms with Crippen molar-refractivity contribution in [3.05, 3.63) is 40.3 Å². The zero-order chi connectivity index (χ0) is 12.0. The first kappa shape index (κ1) is 13.2. The van der Waals surface area contributed by atoms with E-state index in [0.717, 1.165) is 5.41 Å². The molecule has 0 fully saturated rings. The van der Waals surface area contributed by atoms with Gasteiger partial charge in [0.05, 0.1) is 0 Å². The lowest BCUT2D eigenvalue weighted by molar-refractivity contribution is 0.591. The van der Waals surface area contributed by atoms with Crippen molar-refractivity contribution >= 4 is 27.7 Å². The van der Waals surface area contributed by atoms with Gasteiger partial charge in [-0.2, -0.15) is 0 Å². The van der Waals surface area contributed by atoms with Crippen molar-refractivity contribution in [3.63, 3.8) is 0 Å². The Bertz CT molecular complexity index is 471. The monoisotopic (exact) mass is 260 g/mol. The van der Waals surface area contributed by atoms with Gasteiger partial charge in [-0.05, 0) is 17.7 Å². The number of nitrogens with two attached hydrogens (primary N) is 1. The number of hydrogen-bond donors (Lipinski definition) is 2. The van der Waals surface area contributed by atoms with Crippen molar-refractivity contribution in [2.75, 3.05) is 13.1 Å². The molecule has 0 atom stereocenters. The molecule has 4 nitrogen and oxygen atoms in total. The van der Waals surface area contributed by atoms with Crippen LogP contribution in [0.2, 0.25) is 5.02 Å². The molecule has 3 N–H and O–H groups in total. The van der Waals surface area contributed by atoms with Gasteiger partial charge in [-0.1, -0.05) is 29.8 Å². The molecule has 6 heteroatoms. The van der Waals surface area contributed by atoms with E-state index in [4.69, 9.17) is 17.3 Å². The highest BCUT2D eigenvalue weighted by Gasteiger charge is 2.03. The fraction of sp³-hybridized carbons (Fsp3) is 0.200. The summed E-state index contributed by atoms with van der Waals surface area (Å²) >= 11 is 5.87. The number of benzene rings is 1.